The van der Waals surface area contributed by atoms with Gasteiger partial charge in [0, 0.05) is 10.9 Å². The molecular formula is C22H17ClN4O3S2. The average Bonchev–Trinajstić information content (AvgIpc) is 3.39. The van der Waals surface area contributed by atoms with E-state index in [0.29, 0.717) is 37.9 Å². The van der Waals surface area contributed by atoms with Gasteiger partial charge in [0.25, 0.3) is 11.8 Å². The maximum Gasteiger partial charge on any atom is 0.258 e. The third kappa shape index (κ3) is 4.80. The van der Waals surface area contributed by atoms with Gasteiger partial charge in [-0.25, -0.2) is 9.97 Å². The largest absolute Gasteiger partial charge is 0.497 e. The van der Waals surface area contributed by atoms with Gasteiger partial charge in [-0.05, 0) is 37.3 Å². The molecule has 2 amide bonds. The second-order valence-electron chi connectivity index (χ2n) is 6.59. The van der Waals surface area contributed by atoms with Gasteiger partial charge in [0.2, 0.25) is 0 Å². The molecule has 0 radical (unpaired) electrons. The van der Waals surface area contributed by atoms with Crippen LogP contribution in [0.25, 0.3) is 10.6 Å². The zero-order valence-electron chi connectivity index (χ0n) is 17.0. The summed E-state index contributed by atoms with van der Waals surface area (Å²) in [6.07, 6.45) is 0. The van der Waals surface area contributed by atoms with Crippen LogP contribution in [0.15, 0.2) is 53.9 Å². The fourth-order valence-electron chi connectivity index (χ4n) is 2.87. The van der Waals surface area contributed by atoms with Crippen molar-refractivity contribution in [1.82, 2.24) is 9.97 Å². The van der Waals surface area contributed by atoms with Gasteiger partial charge in [0.15, 0.2) is 10.3 Å². The molecule has 0 spiro atoms. The van der Waals surface area contributed by atoms with Gasteiger partial charge in [-0.15, -0.1) is 11.3 Å². The molecule has 0 aliphatic carbocycles. The first-order chi connectivity index (χ1) is 15.4. The predicted octanol–water partition coefficient (Wildman–Crippen LogP) is 5.74. The van der Waals surface area contributed by atoms with E-state index in [1.807, 2.05) is 12.3 Å². The monoisotopic (exact) mass is 484 g/mol. The van der Waals surface area contributed by atoms with Crippen LogP contribution in [0.2, 0.25) is 5.02 Å². The van der Waals surface area contributed by atoms with E-state index in [-0.39, 0.29) is 11.8 Å². The van der Waals surface area contributed by atoms with Gasteiger partial charge in [0.05, 0.1) is 34.0 Å². The van der Waals surface area contributed by atoms with Crippen molar-refractivity contribution in [1.29, 1.82) is 0 Å². The molecule has 0 aliphatic rings. The number of nitrogens with zero attached hydrogens (tertiary/aromatic N) is 2. The molecule has 2 N–H and O–H groups in total. The standard InChI is InChI=1S/C22H17ClN4O3S2/c1-12-18(32-22(24-12)27-20(29)15-8-3-4-9-16(15)23)17-11-31-21(25-17)26-19(28)13-6-5-7-14(10-13)30-2/h3-11H,1-2H3,(H,24,27,29)(H,25,26,28). The number of benzene rings is 2. The van der Waals surface area contributed by atoms with Crippen molar-refractivity contribution < 1.29 is 14.3 Å². The quantitative estimate of drug-likeness (QED) is 0.364. The van der Waals surface area contributed by atoms with Gasteiger partial charge in [-0.3, -0.25) is 20.2 Å². The highest BCUT2D eigenvalue weighted by atomic mass is 35.5. The Morgan fingerprint density at radius 3 is 2.56 bits per heavy atom. The van der Waals surface area contributed by atoms with Crippen LogP contribution in [0.3, 0.4) is 0 Å². The van der Waals surface area contributed by atoms with E-state index < -0.39 is 0 Å². The summed E-state index contributed by atoms with van der Waals surface area (Å²) in [5, 5.41) is 8.69. The van der Waals surface area contributed by atoms with E-state index in [9.17, 15) is 9.59 Å². The molecule has 10 heteroatoms. The number of rotatable bonds is 6. The first kappa shape index (κ1) is 21.9. The summed E-state index contributed by atoms with van der Waals surface area (Å²) >= 11 is 8.71. The van der Waals surface area contributed by atoms with Crippen molar-refractivity contribution >= 4 is 56.4 Å². The van der Waals surface area contributed by atoms with E-state index in [2.05, 4.69) is 20.6 Å². The zero-order valence-corrected chi connectivity index (χ0v) is 19.4. The van der Waals surface area contributed by atoms with Crippen molar-refractivity contribution in [3.05, 3.63) is 75.8 Å². The minimum atomic E-state index is -0.333. The van der Waals surface area contributed by atoms with Crippen LogP contribution in [-0.4, -0.2) is 28.9 Å². The Balaban J connectivity index is 1.48. The maximum atomic E-state index is 12.5. The van der Waals surface area contributed by atoms with Gasteiger partial charge in [0.1, 0.15) is 5.75 Å². The van der Waals surface area contributed by atoms with E-state index in [0.717, 1.165) is 10.6 Å². The van der Waals surface area contributed by atoms with Crippen LogP contribution in [0, 0.1) is 6.92 Å². The molecule has 2 aromatic heterocycles. The van der Waals surface area contributed by atoms with Crippen molar-refractivity contribution in [3.8, 4) is 16.3 Å². The summed E-state index contributed by atoms with van der Waals surface area (Å²) < 4.78 is 5.16. The lowest BCUT2D eigenvalue weighted by Gasteiger charge is -2.04. The number of thiazole rings is 2. The van der Waals surface area contributed by atoms with E-state index in [1.165, 1.54) is 22.7 Å². The molecule has 2 heterocycles. The van der Waals surface area contributed by atoms with Gasteiger partial charge >= 0.3 is 0 Å². The molecule has 2 aromatic carbocycles. The Bertz CT molecular complexity index is 1300. The predicted molar refractivity (Wildman–Crippen MR) is 128 cm³/mol. The highest BCUT2D eigenvalue weighted by Gasteiger charge is 2.17. The molecule has 162 valence electrons. The van der Waals surface area contributed by atoms with Crippen LogP contribution >= 0.6 is 34.3 Å². The number of amides is 2. The molecule has 0 aliphatic heterocycles. The fourth-order valence-corrected chi connectivity index (χ4v) is 4.78. The molecule has 0 atom stereocenters. The topological polar surface area (TPSA) is 93.2 Å². The second kappa shape index (κ2) is 9.47. The molecule has 4 rings (SSSR count). The molecule has 4 aromatic rings. The first-order valence-corrected chi connectivity index (χ1v) is 11.5. The lowest BCUT2D eigenvalue weighted by Crippen LogP contribution is -2.12. The number of aryl methyl sites for hydroxylation is 1. The van der Waals surface area contributed by atoms with Crippen LogP contribution < -0.4 is 15.4 Å². The van der Waals surface area contributed by atoms with Crippen molar-refractivity contribution in [2.75, 3.05) is 17.7 Å². The lowest BCUT2D eigenvalue weighted by atomic mass is 10.2. The Hall–Kier alpha value is -3.27. The number of carbonyl (C=O) groups excluding carboxylic acids is 2. The summed E-state index contributed by atoms with van der Waals surface area (Å²) in [7, 11) is 1.55. The van der Waals surface area contributed by atoms with Gasteiger partial charge < -0.3 is 4.74 Å². The molecule has 0 bridgehead atoms. The number of hydrogen-bond acceptors (Lipinski definition) is 7. The van der Waals surface area contributed by atoms with Crippen LogP contribution in [0.5, 0.6) is 5.75 Å². The van der Waals surface area contributed by atoms with Crippen LogP contribution in [0.4, 0.5) is 10.3 Å². The number of hydrogen-bond donors (Lipinski definition) is 2. The van der Waals surface area contributed by atoms with E-state index in [4.69, 9.17) is 16.3 Å². The maximum absolute atomic E-state index is 12.5. The van der Waals surface area contributed by atoms with Crippen LogP contribution in [0.1, 0.15) is 26.4 Å². The van der Waals surface area contributed by atoms with Crippen molar-refractivity contribution in [2.45, 2.75) is 6.92 Å². The highest BCUT2D eigenvalue weighted by Crippen LogP contribution is 2.35. The molecule has 0 saturated heterocycles. The summed E-state index contributed by atoms with van der Waals surface area (Å²) in [4.78, 5) is 34.7. The number of halogens is 1. The summed E-state index contributed by atoms with van der Waals surface area (Å²) in [5.41, 5.74) is 2.24. The normalized spacial score (nSPS) is 10.6. The molecule has 0 unspecified atom stereocenters. The van der Waals surface area contributed by atoms with Gasteiger partial charge in [-0.2, -0.15) is 0 Å². The smallest absolute Gasteiger partial charge is 0.258 e. The minimum Gasteiger partial charge on any atom is -0.497 e. The van der Waals surface area contributed by atoms with Crippen LogP contribution in [-0.2, 0) is 0 Å². The lowest BCUT2D eigenvalue weighted by molar-refractivity contribution is 0.101. The highest BCUT2D eigenvalue weighted by molar-refractivity contribution is 7.20. The molecule has 32 heavy (non-hydrogen) atoms. The molecular weight excluding hydrogens is 468 g/mol. The van der Waals surface area contributed by atoms with E-state index >= 15 is 0 Å². The van der Waals surface area contributed by atoms with Crippen molar-refractivity contribution in [2.24, 2.45) is 0 Å². The Kier molecular flexibility index (Phi) is 6.50. The number of nitrogens with one attached hydrogen (secondary N) is 2. The number of anilines is 2. The molecule has 7 nitrogen and oxygen atoms in total. The summed E-state index contributed by atoms with van der Waals surface area (Å²) in [6.45, 7) is 1.84. The number of methoxy groups -OCH3 is 1. The number of carbonyl (C=O) groups is 2. The van der Waals surface area contributed by atoms with Crippen molar-refractivity contribution in [3.63, 3.8) is 0 Å². The Morgan fingerprint density at radius 2 is 1.78 bits per heavy atom. The third-order valence-electron chi connectivity index (χ3n) is 4.42. The number of aromatic nitrogens is 2. The first-order valence-electron chi connectivity index (χ1n) is 9.39. The summed E-state index contributed by atoms with van der Waals surface area (Å²) in [5.74, 6) is -0.0110. The Labute approximate surface area is 197 Å². The summed E-state index contributed by atoms with van der Waals surface area (Å²) in [6, 6.07) is 13.7. The second-order valence-corrected chi connectivity index (χ2v) is 8.86. The third-order valence-corrected chi connectivity index (χ3v) is 6.61. The van der Waals surface area contributed by atoms with Gasteiger partial charge in [-0.1, -0.05) is 41.1 Å². The average molecular weight is 485 g/mol. The fraction of sp³-hybridized carbons (Fsp3) is 0.0909. The minimum absolute atomic E-state index is 0.279. The van der Waals surface area contributed by atoms with E-state index in [1.54, 1.807) is 55.6 Å². The molecule has 0 saturated carbocycles. The molecule has 0 fully saturated rings. The number of ether oxygens (including phenoxy) is 1. The SMILES string of the molecule is COc1cccc(C(=O)Nc2nc(-c3sc(NC(=O)c4ccccc4Cl)nc3C)cs2)c1. The Morgan fingerprint density at radius 1 is 1.00 bits per heavy atom. The zero-order chi connectivity index (χ0) is 22.7.